The third-order valence-corrected chi connectivity index (χ3v) is 5.96. The lowest BCUT2D eigenvalue weighted by molar-refractivity contribution is -0.137. The molecule has 0 unspecified atom stereocenters. The Balaban J connectivity index is 1.81. The van der Waals surface area contributed by atoms with E-state index in [0.717, 1.165) is 29.8 Å². The summed E-state index contributed by atoms with van der Waals surface area (Å²) in [5, 5.41) is 2.42. The molecule has 0 aromatic heterocycles. The Kier molecular flexibility index (Phi) is 6.75. The molecule has 1 aliphatic rings. The first-order valence-electron chi connectivity index (χ1n) is 11.6. The Hall–Kier alpha value is -3.88. The summed E-state index contributed by atoms with van der Waals surface area (Å²) in [6, 6.07) is 17.2. The number of rotatable bonds is 5. The average molecular weight is 515 g/mol. The normalized spacial score (nSPS) is 18.4. The number of para-hydroxylation sites is 1. The van der Waals surface area contributed by atoms with Crippen LogP contribution in [-0.2, 0) is 27.9 Å². The van der Waals surface area contributed by atoms with Crippen molar-refractivity contribution in [3.05, 3.63) is 101 Å². The van der Waals surface area contributed by atoms with Gasteiger partial charge in [-0.2, -0.15) is 13.2 Å². The Morgan fingerprint density at radius 1 is 0.946 bits per heavy atom. The van der Waals surface area contributed by atoms with Gasteiger partial charge in [0.2, 0.25) is 5.67 Å². The molecule has 3 aromatic carbocycles. The maximum absolute atomic E-state index is 17.2. The Morgan fingerprint density at radius 3 is 2.14 bits per heavy atom. The summed E-state index contributed by atoms with van der Waals surface area (Å²) >= 11 is 0. The zero-order chi connectivity index (χ0) is 27.0. The highest BCUT2D eigenvalue weighted by Crippen LogP contribution is 2.50. The fraction of sp³-hybridized carbons (Fsp3) is 0.286. The number of halogens is 4. The van der Waals surface area contributed by atoms with Crippen molar-refractivity contribution in [3.8, 4) is 0 Å². The van der Waals surface area contributed by atoms with Gasteiger partial charge in [-0.15, -0.1) is 0 Å². The molecule has 0 spiro atoms. The predicted octanol–water partition coefficient (Wildman–Crippen LogP) is 6.68. The van der Waals surface area contributed by atoms with Gasteiger partial charge in [-0.3, -0.25) is 4.79 Å². The lowest BCUT2D eigenvalue weighted by Crippen LogP contribution is -2.48. The van der Waals surface area contributed by atoms with Gasteiger partial charge in [0.05, 0.1) is 17.8 Å². The number of carbonyl (C=O) groups is 2. The van der Waals surface area contributed by atoms with Crippen molar-refractivity contribution in [1.82, 2.24) is 5.32 Å². The molecular formula is C28H26F4N2O3. The molecule has 0 bridgehead atoms. The molecule has 2 atom stereocenters. The maximum atomic E-state index is 17.2. The molecule has 0 aliphatic carbocycles. The summed E-state index contributed by atoms with van der Waals surface area (Å²) in [5.74, 6) is -0.946. The van der Waals surface area contributed by atoms with Crippen molar-refractivity contribution in [2.24, 2.45) is 0 Å². The van der Waals surface area contributed by atoms with E-state index in [1.165, 1.54) is 11.0 Å². The molecule has 37 heavy (non-hydrogen) atoms. The van der Waals surface area contributed by atoms with Gasteiger partial charge in [-0.05, 0) is 50.1 Å². The molecule has 4 rings (SSSR count). The highest BCUT2D eigenvalue weighted by atomic mass is 19.4. The van der Waals surface area contributed by atoms with Gasteiger partial charge < -0.3 is 15.0 Å². The van der Waals surface area contributed by atoms with Crippen molar-refractivity contribution >= 4 is 17.7 Å². The number of alkyl carbamates (subject to hydrolysis) is 1. The number of nitrogens with zero attached hydrogens (tertiary/aromatic N) is 1. The predicted molar refractivity (Wildman–Crippen MR) is 130 cm³/mol. The number of nitrogens with one attached hydrogen (secondary N) is 1. The molecule has 9 heteroatoms. The van der Waals surface area contributed by atoms with Crippen molar-refractivity contribution in [2.75, 3.05) is 4.90 Å². The van der Waals surface area contributed by atoms with Crippen LogP contribution in [0.15, 0.2) is 78.9 Å². The number of hydrogen-bond acceptors (Lipinski definition) is 3. The molecule has 0 radical (unpaired) electrons. The van der Waals surface area contributed by atoms with Crippen LogP contribution in [0.3, 0.4) is 0 Å². The second-order valence-electron chi connectivity index (χ2n) is 9.80. The topological polar surface area (TPSA) is 58.6 Å². The highest BCUT2D eigenvalue weighted by Gasteiger charge is 2.58. The van der Waals surface area contributed by atoms with Gasteiger partial charge in [-0.1, -0.05) is 60.7 Å². The number of benzene rings is 3. The largest absolute Gasteiger partial charge is 0.444 e. The summed E-state index contributed by atoms with van der Waals surface area (Å²) in [6.45, 7) is 4.90. The van der Waals surface area contributed by atoms with Gasteiger partial charge in [0.15, 0.2) is 0 Å². The molecule has 3 aromatic rings. The van der Waals surface area contributed by atoms with Crippen molar-refractivity contribution in [2.45, 2.75) is 50.8 Å². The first-order chi connectivity index (χ1) is 17.3. The van der Waals surface area contributed by atoms with E-state index in [0.29, 0.717) is 5.69 Å². The molecule has 0 fully saturated rings. The van der Waals surface area contributed by atoms with Crippen LogP contribution in [0.4, 0.5) is 28.0 Å². The molecule has 1 aliphatic heterocycles. The molecule has 2 amide bonds. The van der Waals surface area contributed by atoms with Gasteiger partial charge in [0.25, 0.3) is 5.91 Å². The van der Waals surface area contributed by atoms with Crippen LogP contribution in [0, 0.1) is 0 Å². The van der Waals surface area contributed by atoms with E-state index in [4.69, 9.17) is 4.74 Å². The lowest BCUT2D eigenvalue weighted by Gasteiger charge is -2.32. The second-order valence-corrected chi connectivity index (χ2v) is 9.80. The van der Waals surface area contributed by atoms with E-state index in [1.807, 2.05) is 6.07 Å². The summed E-state index contributed by atoms with van der Waals surface area (Å²) in [7, 11) is 0. The standard InChI is InChI=1S/C28H26F4N2O3/c1-26(2,3)37-25(36)33-23(19-13-15-20(16-14-19)28(30,31)32)27(29)21-11-7-8-12-22(21)34(24(27)35)17-18-9-5-4-6-10-18/h4-16,23H,17H2,1-3H3,(H,33,36)/t23-,27-/m0/s1. The smallest absolute Gasteiger partial charge is 0.416 e. The van der Waals surface area contributed by atoms with Gasteiger partial charge in [0.1, 0.15) is 11.6 Å². The molecule has 0 saturated carbocycles. The van der Waals surface area contributed by atoms with Gasteiger partial charge in [-0.25, -0.2) is 9.18 Å². The first kappa shape index (κ1) is 26.2. The van der Waals surface area contributed by atoms with Crippen molar-refractivity contribution < 1.29 is 31.9 Å². The minimum atomic E-state index is -4.61. The summed E-state index contributed by atoms with van der Waals surface area (Å²) in [5.41, 5.74) is -3.66. The average Bonchev–Trinajstić information content (AvgIpc) is 3.04. The van der Waals surface area contributed by atoms with Crippen molar-refractivity contribution in [1.29, 1.82) is 0 Å². The van der Waals surface area contributed by atoms with Gasteiger partial charge in [0, 0.05) is 5.56 Å². The Morgan fingerprint density at radius 2 is 1.54 bits per heavy atom. The molecule has 1 heterocycles. The number of alkyl halides is 4. The zero-order valence-corrected chi connectivity index (χ0v) is 20.5. The van der Waals surface area contributed by atoms with Crippen LogP contribution in [0.5, 0.6) is 0 Å². The van der Waals surface area contributed by atoms with Crippen LogP contribution in [0.1, 0.15) is 49.1 Å². The Labute approximate surface area is 212 Å². The summed E-state index contributed by atoms with van der Waals surface area (Å²) in [4.78, 5) is 27.8. The second kappa shape index (κ2) is 9.53. The number of fused-ring (bicyclic) bond motifs is 1. The minimum Gasteiger partial charge on any atom is -0.444 e. The lowest BCUT2D eigenvalue weighted by atomic mass is 9.84. The van der Waals surface area contributed by atoms with E-state index in [2.05, 4.69) is 5.32 Å². The number of hydrogen-bond donors (Lipinski definition) is 1. The number of carbonyl (C=O) groups excluding carboxylic acids is 2. The third-order valence-electron chi connectivity index (χ3n) is 5.96. The van der Waals surface area contributed by atoms with E-state index < -0.39 is 41.1 Å². The summed E-state index contributed by atoms with van der Waals surface area (Å²) in [6.07, 6.45) is -5.62. The van der Waals surface area contributed by atoms with Gasteiger partial charge >= 0.3 is 12.3 Å². The van der Waals surface area contributed by atoms with E-state index in [9.17, 15) is 22.8 Å². The molecular weight excluding hydrogens is 488 g/mol. The Bertz CT molecular complexity index is 1290. The number of amides is 2. The van der Waals surface area contributed by atoms with Crippen LogP contribution in [0.2, 0.25) is 0 Å². The zero-order valence-electron chi connectivity index (χ0n) is 20.5. The van der Waals surface area contributed by atoms with Crippen LogP contribution in [-0.4, -0.2) is 17.6 Å². The van der Waals surface area contributed by atoms with E-state index >= 15 is 4.39 Å². The monoisotopic (exact) mass is 514 g/mol. The summed E-state index contributed by atoms with van der Waals surface area (Å²) < 4.78 is 62.1. The quantitative estimate of drug-likeness (QED) is 0.386. The highest BCUT2D eigenvalue weighted by molar-refractivity contribution is 6.07. The fourth-order valence-electron chi connectivity index (χ4n) is 4.34. The van der Waals surface area contributed by atoms with Crippen LogP contribution in [0.25, 0.3) is 0 Å². The number of anilines is 1. The van der Waals surface area contributed by atoms with Crippen molar-refractivity contribution in [3.63, 3.8) is 0 Å². The molecule has 5 nitrogen and oxygen atoms in total. The minimum absolute atomic E-state index is 0.00288. The fourth-order valence-corrected chi connectivity index (χ4v) is 4.34. The first-order valence-corrected chi connectivity index (χ1v) is 11.6. The number of ether oxygens (including phenoxy) is 1. The van der Waals surface area contributed by atoms with Crippen LogP contribution < -0.4 is 10.2 Å². The SMILES string of the molecule is CC(C)(C)OC(=O)N[C@@H](c1ccc(C(F)(F)F)cc1)[C@]1(F)C(=O)N(Cc2ccccc2)c2ccccc21. The molecule has 0 saturated heterocycles. The van der Waals surface area contributed by atoms with E-state index in [1.54, 1.807) is 63.2 Å². The molecule has 1 N–H and O–H groups in total. The molecule has 194 valence electrons. The maximum Gasteiger partial charge on any atom is 0.416 e. The van der Waals surface area contributed by atoms with E-state index in [-0.39, 0.29) is 17.7 Å². The van der Waals surface area contributed by atoms with Crippen LogP contribution >= 0.6 is 0 Å². The third kappa shape index (κ3) is 5.30.